The van der Waals surface area contributed by atoms with Gasteiger partial charge in [0.15, 0.2) is 0 Å². The lowest BCUT2D eigenvalue weighted by atomic mass is 10.0. The van der Waals surface area contributed by atoms with Gasteiger partial charge in [0.2, 0.25) is 5.91 Å². The number of hydrogen-bond acceptors (Lipinski definition) is 3. The number of aromatic nitrogens is 1. The molecule has 26 heavy (non-hydrogen) atoms. The molecule has 2 amide bonds. The molecule has 0 spiro atoms. The van der Waals surface area contributed by atoms with Crippen molar-refractivity contribution in [3.63, 3.8) is 0 Å². The number of aromatic amines is 1. The first-order chi connectivity index (χ1) is 12.6. The van der Waals surface area contributed by atoms with Gasteiger partial charge >= 0.3 is 0 Å². The minimum absolute atomic E-state index is 0.210. The van der Waals surface area contributed by atoms with Crippen LogP contribution in [0.25, 0.3) is 10.9 Å². The van der Waals surface area contributed by atoms with E-state index in [0.29, 0.717) is 5.69 Å². The van der Waals surface area contributed by atoms with Crippen LogP contribution in [0.5, 0.6) is 0 Å². The molecule has 0 fully saturated rings. The first-order valence-corrected chi connectivity index (χ1v) is 8.19. The average molecular weight is 346 g/mol. The highest BCUT2D eigenvalue weighted by atomic mass is 16.2. The third-order valence-corrected chi connectivity index (χ3v) is 4.12. The maximum atomic E-state index is 12.2. The van der Waals surface area contributed by atoms with Gasteiger partial charge in [-0.05, 0) is 30.2 Å². The molecule has 0 aliphatic carbocycles. The van der Waals surface area contributed by atoms with E-state index in [0.717, 1.165) is 22.0 Å². The fourth-order valence-electron chi connectivity index (χ4n) is 2.75. The molecular weight excluding hydrogens is 328 g/mol. The third kappa shape index (κ3) is 3.73. The molecule has 0 bridgehead atoms. The monoisotopic (exact) mass is 346 g/mol. The summed E-state index contributed by atoms with van der Waals surface area (Å²) in [5, 5.41) is 15.4. The normalized spacial score (nSPS) is 11.5. The van der Waals surface area contributed by atoms with Gasteiger partial charge in [0.05, 0.1) is 12.6 Å². The standard InChI is InChI=1S/C20H18N4O2/c1-13-6-2-4-8-15(13)18(11-21)24-19(25)12-22-20(26)17-10-14-7-3-5-9-16(14)23-17/h2-10,18,23H,12H2,1H3,(H,22,26)(H,24,25)/t18-/m0/s1. The van der Waals surface area contributed by atoms with E-state index in [-0.39, 0.29) is 12.5 Å². The number of carbonyl (C=O) groups excluding carboxylic acids is 2. The maximum Gasteiger partial charge on any atom is 0.268 e. The summed E-state index contributed by atoms with van der Waals surface area (Å²) in [5.74, 6) is -0.801. The Bertz CT molecular complexity index is 967. The Balaban J connectivity index is 1.60. The van der Waals surface area contributed by atoms with E-state index in [1.165, 1.54) is 0 Å². The highest BCUT2D eigenvalue weighted by molar-refractivity contribution is 5.99. The second kappa shape index (κ2) is 7.53. The van der Waals surface area contributed by atoms with Crippen molar-refractivity contribution in [3.8, 4) is 6.07 Å². The van der Waals surface area contributed by atoms with Crippen molar-refractivity contribution >= 4 is 22.7 Å². The molecule has 1 atom stereocenters. The Labute approximate surface area is 150 Å². The first-order valence-electron chi connectivity index (χ1n) is 8.19. The van der Waals surface area contributed by atoms with E-state index in [2.05, 4.69) is 21.7 Å². The largest absolute Gasteiger partial charge is 0.351 e. The second-order valence-electron chi connectivity index (χ2n) is 5.94. The molecule has 6 nitrogen and oxygen atoms in total. The van der Waals surface area contributed by atoms with E-state index >= 15 is 0 Å². The number of hydrogen-bond donors (Lipinski definition) is 3. The van der Waals surface area contributed by atoms with Crippen LogP contribution >= 0.6 is 0 Å². The van der Waals surface area contributed by atoms with Gasteiger partial charge in [0, 0.05) is 10.9 Å². The second-order valence-corrected chi connectivity index (χ2v) is 5.94. The van der Waals surface area contributed by atoms with Crippen LogP contribution in [-0.4, -0.2) is 23.3 Å². The van der Waals surface area contributed by atoms with Crippen LogP contribution in [0.4, 0.5) is 0 Å². The number of rotatable bonds is 5. The minimum atomic E-state index is -0.756. The molecule has 0 aliphatic rings. The van der Waals surface area contributed by atoms with Gasteiger partial charge in [0.25, 0.3) is 5.91 Å². The highest BCUT2D eigenvalue weighted by Crippen LogP contribution is 2.16. The zero-order valence-electron chi connectivity index (χ0n) is 14.2. The molecule has 130 valence electrons. The summed E-state index contributed by atoms with van der Waals surface area (Å²) in [7, 11) is 0. The van der Waals surface area contributed by atoms with Crippen LogP contribution in [0.2, 0.25) is 0 Å². The predicted octanol–water partition coefficient (Wildman–Crippen LogP) is 2.59. The number of carbonyl (C=O) groups is 2. The van der Waals surface area contributed by atoms with Gasteiger partial charge < -0.3 is 15.6 Å². The number of para-hydroxylation sites is 1. The number of H-pyrrole nitrogens is 1. The van der Waals surface area contributed by atoms with Gasteiger partial charge in [-0.3, -0.25) is 9.59 Å². The lowest BCUT2D eigenvalue weighted by Gasteiger charge is -2.14. The fraction of sp³-hybridized carbons (Fsp3) is 0.150. The van der Waals surface area contributed by atoms with E-state index in [9.17, 15) is 14.9 Å². The molecule has 0 unspecified atom stereocenters. The molecule has 2 aromatic carbocycles. The SMILES string of the molecule is Cc1ccccc1[C@H](C#N)NC(=O)CNC(=O)c1cc2ccccc2[nH]1. The van der Waals surface area contributed by atoms with Crippen molar-refractivity contribution in [2.24, 2.45) is 0 Å². The van der Waals surface area contributed by atoms with E-state index in [1.807, 2.05) is 49.4 Å². The van der Waals surface area contributed by atoms with Crippen LogP contribution < -0.4 is 10.6 Å². The molecule has 3 rings (SSSR count). The van der Waals surface area contributed by atoms with Crippen LogP contribution in [0, 0.1) is 18.3 Å². The van der Waals surface area contributed by atoms with Crippen molar-refractivity contribution in [2.45, 2.75) is 13.0 Å². The first kappa shape index (κ1) is 17.2. The number of nitriles is 1. The molecule has 1 heterocycles. The van der Waals surface area contributed by atoms with E-state index < -0.39 is 11.9 Å². The summed E-state index contributed by atoms with van der Waals surface area (Å²) in [6.07, 6.45) is 0. The van der Waals surface area contributed by atoms with Crippen molar-refractivity contribution in [2.75, 3.05) is 6.54 Å². The smallest absolute Gasteiger partial charge is 0.268 e. The molecule has 6 heteroatoms. The van der Waals surface area contributed by atoms with Gasteiger partial charge in [-0.25, -0.2) is 0 Å². The zero-order chi connectivity index (χ0) is 18.5. The van der Waals surface area contributed by atoms with E-state index in [1.54, 1.807) is 12.1 Å². The highest BCUT2D eigenvalue weighted by Gasteiger charge is 2.16. The number of nitrogens with one attached hydrogen (secondary N) is 3. The third-order valence-electron chi connectivity index (χ3n) is 4.12. The van der Waals surface area contributed by atoms with E-state index in [4.69, 9.17) is 0 Å². The number of aryl methyl sites for hydroxylation is 1. The number of benzene rings is 2. The lowest BCUT2D eigenvalue weighted by Crippen LogP contribution is -2.38. The van der Waals surface area contributed by atoms with Crippen LogP contribution in [0.15, 0.2) is 54.6 Å². The topological polar surface area (TPSA) is 97.8 Å². The summed E-state index contributed by atoms with van der Waals surface area (Å²) >= 11 is 0. The molecule has 0 saturated carbocycles. The summed E-state index contributed by atoms with van der Waals surface area (Å²) < 4.78 is 0. The fourth-order valence-corrected chi connectivity index (χ4v) is 2.75. The van der Waals surface area contributed by atoms with Gasteiger partial charge in [-0.2, -0.15) is 5.26 Å². The molecule has 0 aliphatic heterocycles. The van der Waals surface area contributed by atoms with Gasteiger partial charge in [-0.1, -0.05) is 42.5 Å². The number of fused-ring (bicyclic) bond motifs is 1. The summed E-state index contributed by atoms with van der Waals surface area (Å²) in [6, 6.07) is 17.9. The molecule has 3 aromatic rings. The van der Waals surface area contributed by atoms with Crippen molar-refractivity contribution in [1.29, 1.82) is 5.26 Å². The minimum Gasteiger partial charge on any atom is -0.351 e. The van der Waals surface area contributed by atoms with Crippen molar-refractivity contribution in [1.82, 2.24) is 15.6 Å². The Morgan fingerprint density at radius 1 is 1.15 bits per heavy atom. The average Bonchev–Trinajstić information content (AvgIpc) is 3.09. The summed E-state index contributed by atoms with van der Waals surface area (Å²) in [5.41, 5.74) is 2.90. The Morgan fingerprint density at radius 2 is 1.88 bits per heavy atom. The maximum absolute atomic E-state index is 12.2. The van der Waals surface area contributed by atoms with Crippen LogP contribution in [-0.2, 0) is 4.79 Å². The zero-order valence-corrected chi connectivity index (χ0v) is 14.2. The lowest BCUT2D eigenvalue weighted by molar-refractivity contribution is -0.120. The number of amides is 2. The summed E-state index contributed by atoms with van der Waals surface area (Å²) in [6.45, 7) is 1.67. The van der Waals surface area contributed by atoms with Gasteiger partial charge in [-0.15, -0.1) is 0 Å². The summed E-state index contributed by atoms with van der Waals surface area (Å²) in [4.78, 5) is 27.3. The quantitative estimate of drug-likeness (QED) is 0.662. The van der Waals surface area contributed by atoms with Crippen molar-refractivity contribution < 1.29 is 9.59 Å². The molecule has 3 N–H and O–H groups in total. The molecule has 1 aromatic heterocycles. The number of nitrogens with zero attached hydrogens (tertiary/aromatic N) is 1. The molecular formula is C20H18N4O2. The van der Waals surface area contributed by atoms with Gasteiger partial charge in [0.1, 0.15) is 11.7 Å². The van der Waals surface area contributed by atoms with Crippen molar-refractivity contribution in [3.05, 3.63) is 71.4 Å². The van der Waals surface area contributed by atoms with Crippen LogP contribution in [0.1, 0.15) is 27.7 Å². The Kier molecular flexibility index (Phi) is 4.99. The van der Waals surface area contributed by atoms with Crippen LogP contribution in [0.3, 0.4) is 0 Å². The molecule has 0 saturated heterocycles. The molecule has 0 radical (unpaired) electrons. The Morgan fingerprint density at radius 3 is 2.62 bits per heavy atom. The predicted molar refractivity (Wildman–Crippen MR) is 98.3 cm³/mol. The Hall–Kier alpha value is -3.59.